The summed E-state index contributed by atoms with van der Waals surface area (Å²) in [6.45, 7) is 0.185. The number of hydrogen-bond donors (Lipinski definition) is 2. The maximum Gasteiger partial charge on any atom is 0.422 e. The molecule has 37 heavy (non-hydrogen) atoms. The van der Waals surface area contributed by atoms with Gasteiger partial charge in [0.1, 0.15) is 16.3 Å². The first-order chi connectivity index (χ1) is 17.8. The number of carbonyl (C=O) groups is 1. The van der Waals surface area contributed by atoms with Crippen LogP contribution in [0.25, 0.3) is 34.3 Å². The van der Waals surface area contributed by atoms with E-state index in [0.717, 1.165) is 0 Å². The lowest BCUT2D eigenvalue weighted by molar-refractivity contribution is -0.137. The fraction of sp³-hybridized carbons (Fsp3) is 0.125. The minimum absolute atomic E-state index is 0.0185. The highest BCUT2D eigenvalue weighted by Crippen LogP contribution is 2.43. The third-order valence-electron chi connectivity index (χ3n) is 5.27. The van der Waals surface area contributed by atoms with Crippen LogP contribution in [0.1, 0.15) is 22.2 Å². The van der Waals surface area contributed by atoms with Crippen molar-refractivity contribution in [1.82, 2.24) is 25.6 Å². The highest BCUT2D eigenvalue weighted by molar-refractivity contribution is 7.09. The fourth-order valence-corrected chi connectivity index (χ4v) is 4.05. The smallest absolute Gasteiger partial charge is 0.378 e. The van der Waals surface area contributed by atoms with Crippen LogP contribution in [-0.2, 0) is 17.5 Å². The lowest BCUT2D eigenvalue weighted by Crippen LogP contribution is -2.28. The number of benzene rings is 2. The van der Waals surface area contributed by atoms with Gasteiger partial charge in [-0.3, -0.25) is 4.79 Å². The van der Waals surface area contributed by atoms with Gasteiger partial charge in [0.15, 0.2) is 6.10 Å². The minimum Gasteiger partial charge on any atom is -0.378 e. The average molecular weight is 527 g/mol. The average Bonchev–Trinajstić information content (AvgIpc) is 3.67. The highest BCUT2D eigenvalue weighted by Gasteiger charge is 2.43. The zero-order valence-electron chi connectivity index (χ0n) is 18.6. The van der Waals surface area contributed by atoms with Crippen LogP contribution in [0, 0.1) is 0 Å². The molecule has 1 atom stereocenters. The molecule has 2 aromatic carbocycles. The van der Waals surface area contributed by atoms with Gasteiger partial charge in [-0.05, 0) is 5.56 Å². The summed E-state index contributed by atoms with van der Waals surface area (Å²) >= 11 is 1.37. The molecule has 3 aromatic heterocycles. The predicted molar refractivity (Wildman–Crippen MR) is 125 cm³/mol. The van der Waals surface area contributed by atoms with Crippen molar-refractivity contribution in [3.05, 3.63) is 82.3 Å². The molecule has 0 fully saturated rings. The summed E-state index contributed by atoms with van der Waals surface area (Å²) in [7, 11) is 0. The lowest BCUT2D eigenvalue weighted by Gasteiger charge is -2.11. The summed E-state index contributed by atoms with van der Waals surface area (Å²) in [4.78, 5) is 20.3. The van der Waals surface area contributed by atoms with Crippen LogP contribution in [0.4, 0.5) is 13.2 Å². The van der Waals surface area contributed by atoms with E-state index in [-0.39, 0.29) is 17.9 Å². The normalized spacial score (nSPS) is 12.4. The Bertz CT molecular complexity index is 1500. The summed E-state index contributed by atoms with van der Waals surface area (Å²) in [6, 6.07) is 13.7. The van der Waals surface area contributed by atoms with E-state index in [9.17, 15) is 23.1 Å². The van der Waals surface area contributed by atoms with E-state index >= 15 is 0 Å². The summed E-state index contributed by atoms with van der Waals surface area (Å²) in [6.07, 6.45) is -4.62. The number of thiazole rings is 1. The van der Waals surface area contributed by atoms with Crippen molar-refractivity contribution in [1.29, 1.82) is 0 Å². The number of carbonyl (C=O) groups excluding carboxylic acids is 1. The highest BCUT2D eigenvalue weighted by atomic mass is 32.1. The molecule has 0 saturated heterocycles. The molecule has 13 heteroatoms. The zero-order valence-corrected chi connectivity index (χ0v) is 19.5. The number of nitrogens with one attached hydrogen (secondary N) is 1. The topological polar surface area (TPSA) is 127 Å². The Labute approximate surface area is 210 Å². The molecule has 0 radical (unpaired) electrons. The van der Waals surface area contributed by atoms with Crippen LogP contribution >= 0.6 is 11.3 Å². The second kappa shape index (κ2) is 9.95. The Morgan fingerprint density at radius 2 is 1.78 bits per heavy atom. The van der Waals surface area contributed by atoms with E-state index in [1.165, 1.54) is 47.7 Å². The van der Waals surface area contributed by atoms with Crippen LogP contribution < -0.4 is 5.32 Å². The van der Waals surface area contributed by atoms with E-state index < -0.39 is 41.1 Å². The zero-order chi connectivity index (χ0) is 26.0. The van der Waals surface area contributed by atoms with Crippen LogP contribution in [-0.4, -0.2) is 31.3 Å². The van der Waals surface area contributed by atoms with Crippen molar-refractivity contribution < 1.29 is 32.1 Å². The van der Waals surface area contributed by atoms with Gasteiger partial charge in [0.2, 0.25) is 11.6 Å². The van der Waals surface area contributed by atoms with Crippen molar-refractivity contribution >= 4 is 17.2 Å². The Kier molecular flexibility index (Phi) is 6.54. The van der Waals surface area contributed by atoms with E-state index in [4.69, 9.17) is 9.05 Å². The molecule has 0 bridgehead atoms. The first-order valence-electron chi connectivity index (χ1n) is 10.7. The standard InChI is InChI=1S/C24H16F3N5O4S/c25-24(26,27)17-18(13-4-2-1-3-5-13)31-35-20(17)23-30-21(32-36-23)15-8-6-14(7-9-15)19(33)22(34)29-12-16-28-10-11-37-16/h1-11,19,33H,12H2,(H,29,34). The predicted octanol–water partition coefficient (Wildman–Crippen LogP) is 4.88. The number of nitrogens with zero attached hydrogens (tertiary/aromatic N) is 4. The number of alkyl halides is 3. The molecule has 188 valence electrons. The van der Waals surface area contributed by atoms with Gasteiger partial charge in [0.25, 0.3) is 11.8 Å². The van der Waals surface area contributed by atoms with Gasteiger partial charge in [-0.2, -0.15) is 18.2 Å². The minimum atomic E-state index is -4.80. The molecule has 0 spiro atoms. The molecule has 0 aliphatic carbocycles. The molecule has 1 unspecified atom stereocenters. The Hall–Kier alpha value is -4.36. The Morgan fingerprint density at radius 3 is 2.46 bits per heavy atom. The van der Waals surface area contributed by atoms with E-state index in [2.05, 4.69) is 25.6 Å². The van der Waals surface area contributed by atoms with Crippen LogP contribution in [0.3, 0.4) is 0 Å². The van der Waals surface area contributed by atoms with Gasteiger partial charge < -0.3 is 19.5 Å². The Morgan fingerprint density at radius 1 is 1.03 bits per heavy atom. The third kappa shape index (κ3) is 5.13. The van der Waals surface area contributed by atoms with Crippen LogP contribution in [0.15, 0.2) is 75.2 Å². The van der Waals surface area contributed by atoms with Crippen molar-refractivity contribution in [2.24, 2.45) is 0 Å². The van der Waals surface area contributed by atoms with Crippen molar-refractivity contribution in [3.63, 3.8) is 0 Å². The van der Waals surface area contributed by atoms with E-state index in [1.807, 2.05) is 0 Å². The molecule has 0 aliphatic rings. The second-order valence-corrected chi connectivity index (χ2v) is 8.67. The second-order valence-electron chi connectivity index (χ2n) is 7.69. The molecule has 0 saturated carbocycles. The van der Waals surface area contributed by atoms with Crippen LogP contribution in [0.5, 0.6) is 0 Å². The van der Waals surface area contributed by atoms with Gasteiger partial charge in [0.05, 0.1) is 6.54 Å². The number of aliphatic hydroxyl groups excluding tert-OH is 1. The van der Waals surface area contributed by atoms with Crippen molar-refractivity contribution in [2.45, 2.75) is 18.8 Å². The van der Waals surface area contributed by atoms with Crippen molar-refractivity contribution in [2.75, 3.05) is 0 Å². The first-order valence-corrected chi connectivity index (χ1v) is 11.6. The Balaban J connectivity index is 1.36. The molecule has 2 N–H and O–H groups in total. The molecular formula is C24H16F3N5O4S. The van der Waals surface area contributed by atoms with E-state index in [1.54, 1.807) is 29.8 Å². The summed E-state index contributed by atoms with van der Waals surface area (Å²) in [5.41, 5.74) is -0.628. The molecule has 1 amide bonds. The van der Waals surface area contributed by atoms with Crippen LogP contribution in [0.2, 0.25) is 0 Å². The summed E-state index contributed by atoms with van der Waals surface area (Å²) < 4.78 is 51.8. The number of hydrogen-bond acceptors (Lipinski definition) is 9. The quantitative estimate of drug-likeness (QED) is 0.307. The summed E-state index contributed by atoms with van der Waals surface area (Å²) in [5, 5.41) is 22.7. The van der Waals surface area contributed by atoms with E-state index in [0.29, 0.717) is 16.1 Å². The monoisotopic (exact) mass is 527 g/mol. The molecular weight excluding hydrogens is 511 g/mol. The lowest BCUT2D eigenvalue weighted by atomic mass is 10.1. The first kappa shape index (κ1) is 24.3. The number of halogens is 3. The van der Waals surface area contributed by atoms with Gasteiger partial charge in [-0.15, -0.1) is 11.3 Å². The third-order valence-corrected chi connectivity index (χ3v) is 6.05. The largest absolute Gasteiger partial charge is 0.422 e. The van der Waals surface area contributed by atoms with Crippen molar-refractivity contribution in [3.8, 4) is 34.3 Å². The van der Waals surface area contributed by atoms with Gasteiger partial charge >= 0.3 is 6.18 Å². The van der Waals surface area contributed by atoms with Gasteiger partial charge in [-0.25, -0.2) is 4.98 Å². The number of rotatable bonds is 7. The fourth-order valence-electron chi connectivity index (χ4n) is 3.49. The SMILES string of the molecule is O=C(NCc1nccs1)C(O)c1ccc(-c2noc(-c3onc(-c4ccccc4)c3C(F)(F)F)n2)cc1. The molecule has 5 aromatic rings. The maximum atomic E-state index is 13.9. The number of aliphatic hydroxyl groups is 1. The van der Waals surface area contributed by atoms with Gasteiger partial charge in [0, 0.05) is 22.7 Å². The molecule has 0 aliphatic heterocycles. The molecule has 3 heterocycles. The van der Waals surface area contributed by atoms with Gasteiger partial charge in [-0.1, -0.05) is 64.9 Å². The maximum absolute atomic E-state index is 13.9. The number of amides is 1. The number of aromatic nitrogens is 4. The summed E-state index contributed by atoms with van der Waals surface area (Å²) in [5.74, 6) is -1.82. The molecule has 5 rings (SSSR count). The molecule has 9 nitrogen and oxygen atoms in total.